The van der Waals surface area contributed by atoms with Crippen LogP contribution in [0.1, 0.15) is 29.9 Å². The molecular weight excluding hydrogens is 334 g/mol. The fourth-order valence-corrected chi connectivity index (χ4v) is 3.64. The van der Waals surface area contributed by atoms with E-state index in [2.05, 4.69) is 10.3 Å². The van der Waals surface area contributed by atoms with Crippen LogP contribution in [0.3, 0.4) is 0 Å². The van der Waals surface area contributed by atoms with Crippen molar-refractivity contribution in [3.63, 3.8) is 0 Å². The molecule has 1 aliphatic rings. The molecule has 2 aromatic rings. The van der Waals surface area contributed by atoms with Crippen molar-refractivity contribution in [3.8, 4) is 0 Å². The van der Waals surface area contributed by atoms with Crippen LogP contribution in [0.15, 0.2) is 18.2 Å². The van der Waals surface area contributed by atoms with Gasteiger partial charge in [-0.15, -0.1) is 0 Å². The van der Waals surface area contributed by atoms with Crippen molar-refractivity contribution in [2.75, 3.05) is 32.1 Å². The largest absolute Gasteiger partial charge is 0.464 e. The second kappa shape index (κ2) is 7.47. The number of morpholine rings is 1. The summed E-state index contributed by atoms with van der Waals surface area (Å²) in [6.45, 7) is 7.91. The average molecular weight is 360 g/mol. The Morgan fingerprint density at radius 3 is 2.65 bits per heavy atom. The van der Waals surface area contributed by atoms with E-state index < -0.39 is 5.97 Å². The third-order valence-corrected chi connectivity index (χ3v) is 4.64. The monoisotopic (exact) mass is 360 g/mol. The Balaban J connectivity index is 1.82. The van der Waals surface area contributed by atoms with E-state index in [1.54, 1.807) is 0 Å². The molecule has 1 fully saturated rings. The van der Waals surface area contributed by atoms with E-state index in [1.165, 1.54) is 12.0 Å². The Morgan fingerprint density at radius 2 is 2.00 bits per heavy atom. The summed E-state index contributed by atoms with van der Waals surface area (Å²) in [6, 6.07) is 5.78. The van der Waals surface area contributed by atoms with Gasteiger partial charge in [0.25, 0.3) is 5.91 Å². The van der Waals surface area contributed by atoms with Crippen LogP contribution in [0.2, 0.25) is 0 Å². The number of benzene rings is 1. The van der Waals surface area contributed by atoms with Crippen LogP contribution >= 0.6 is 0 Å². The van der Waals surface area contributed by atoms with Gasteiger partial charge in [0, 0.05) is 10.9 Å². The van der Waals surface area contributed by atoms with Crippen LogP contribution in [0.5, 0.6) is 0 Å². The number of carbonyl (C=O) groups excluding carboxylic acids is 2. The van der Waals surface area contributed by atoms with Gasteiger partial charge in [0.2, 0.25) is 0 Å². The van der Waals surface area contributed by atoms with Crippen molar-refractivity contribution in [1.29, 1.82) is 0 Å². The summed E-state index contributed by atoms with van der Waals surface area (Å²) in [7, 11) is 1.32. The van der Waals surface area contributed by atoms with Crippen LogP contribution in [0.4, 0.5) is 5.69 Å². The number of esters is 1. The Bertz CT molecular complexity index is 820. The summed E-state index contributed by atoms with van der Waals surface area (Å²) >= 11 is 0. The minimum atomic E-state index is -0.505. The Kier molecular flexibility index (Phi) is 5.29. The number of nitrogens with one attached hydrogen (secondary N) is 3. The highest BCUT2D eigenvalue weighted by Gasteiger charge is 2.28. The number of H-pyrrole nitrogens is 1. The van der Waals surface area contributed by atoms with Crippen molar-refractivity contribution in [2.45, 2.75) is 33.0 Å². The predicted molar refractivity (Wildman–Crippen MR) is 98.6 cm³/mol. The van der Waals surface area contributed by atoms with E-state index in [1.807, 2.05) is 39.0 Å². The highest BCUT2D eigenvalue weighted by atomic mass is 16.5. The number of amides is 1. The van der Waals surface area contributed by atoms with Gasteiger partial charge in [-0.2, -0.15) is 0 Å². The molecule has 0 aliphatic carbocycles. The van der Waals surface area contributed by atoms with E-state index >= 15 is 0 Å². The number of rotatable bonds is 4. The zero-order chi connectivity index (χ0) is 18.8. The van der Waals surface area contributed by atoms with Crippen molar-refractivity contribution in [2.24, 2.45) is 0 Å². The maximum Gasteiger partial charge on any atom is 0.356 e. The molecule has 7 nitrogen and oxygen atoms in total. The second-order valence-electron chi connectivity index (χ2n) is 7.06. The molecule has 2 heterocycles. The molecule has 2 atom stereocenters. The maximum atomic E-state index is 12.6. The number of aromatic amines is 1. The van der Waals surface area contributed by atoms with E-state index in [0.29, 0.717) is 12.2 Å². The van der Waals surface area contributed by atoms with Crippen molar-refractivity contribution in [3.05, 3.63) is 29.5 Å². The van der Waals surface area contributed by atoms with Crippen LogP contribution in [-0.2, 0) is 14.3 Å². The molecule has 26 heavy (non-hydrogen) atoms. The van der Waals surface area contributed by atoms with Gasteiger partial charge in [0.15, 0.2) is 6.54 Å². The molecule has 1 aliphatic heterocycles. The number of aryl methyl sites for hydroxylation is 1. The standard InChI is InChI=1S/C19H25N3O4/c1-11-5-6-14-15(7-11)20-18(19(24)25-4)17(14)21-16(23)10-22-8-12(2)26-13(3)9-22/h5-7,12-13,20H,8-10H2,1-4H3,(H,21,23)/p+1/t12-,13-/m0/s1. The Labute approximate surface area is 152 Å². The first-order valence-electron chi connectivity index (χ1n) is 8.87. The quantitative estimate of drug-likeness (QED) is 0.707. The molecule has 1 amide bonds. The first-order valence-corrected chi connectivity index (χ1v) is 8.87. The highest BCUT2D eigenvalue weighted by Crippen LogP contribution is 2.29. The number of aromatic nitrogens is 1. The van der Waals surface area contributed by atoms with Gasteiger partial charge in [0.1, 0.15) is 31.0 Å². The highest BCUT2D eigenvalue weighted by molar-refractivity contribution is 6.11. The number of fused-ring (bicyclic) bond motifs is 1. The molecular formula is C19H26N3O4+. The summed E-state index contributed by atoms with van der Waals surface area (Å²) in [6.07, 6.45) is 0.256. The Morgan fingerprint density at radius 1 is 1.31 bits per heavy atom. The van der Waals surface area contributed by atoms with Crippen LogP contribution < -0.4 is 10.2 Å². The Hall–Kier alpha value is -2.38. The smallest absolute Gasteiger partial charge is 0.356 e. The molecule has 0 saturated carbocycles. The van der Waals surface area contributed by atoms with Crippen LogP contribution in [0.25, 0.3) is 10.9 Å². The topological polar surface area (TPSA) is 84.9 Å². The molecule has 0 unspecified atom stereocenters. The zero-order valence-corrected chi connectivity index (χ0v) is 15.6. The number of hydrogen-bond donors (Lipinski definition) is 3. The molecule has 3 rings (SSSR count). The number of ether oxygens (including phenoxy) is 2. The second-order valence-corrected chi connectivity index (χ2v) is 7.06. The minimum absolute atomic E-state index is 0.128. The fourth-order valence-electron chi connectivity index (χ4n) is 3.64. The van der Waals surface area contributed by atoms with Gasteiger partial charge in [0.05, 0.1) is 12.8 Å². The zero-order valence-electron chi connectivity index (χ0n) is 15.6. The predicted octanol–water partition coefficient (Wildman–Crippen LogP) is 0.894. The van der Waals surface area contributed by atoms with Gasteiger partial charge in [-0.3, -0.25) is 4.79 Å². The summed E-state index contributed by atoms with van der Waals surface area (Å²) in [4.78, 5) is 29.0. The first kappa shape index (κ1) is 18.4. The van der Waals surface area contributed by atoms with E-state index in [9.17, 15) is 9.59 Å². The SMILES string of the molecule is COC(=O)c1[nH]c2cc(C)ccc2c1NC(=O)C[NH+]1C[C@H](C)O[C@@H](C)C1. The van der Waals surface area contributed by atoms with Gasteiger partial charge < -0.3 is 24.7 Å². The molecule has 140 valence electrons. The van der Waals surface area contributed by atoms with E-state index in [4.69, 9.17) is 9.47 Å². The molecule has 3 N–H and O–H groups in total. The molecule has 0 radical (unpaired) electrons. The lowest BCUT2D eigenvalue weighted by Gasteiger charge is -2.31. The number of anilines is 1. The average Bonchev–Trinajstić information content (AvgIpc) is 2.90. The van der Waals surface area contributed by atoms with E-state index in [0.717, 1.165) is 29.6 Å². The minimum Gasteiger partial charge on any atom is -0.464 e. The van der Waals surface area contributed by atoms with Crippen LogP contribution in [0, 0.1) is 6.92 Å². The molecule has 1 aromatic heterocycles. The van der Waals surface area contributed by atoms with Gasteiger partial charge >= 0.3 is 5.97 Å². The van der Waals surface area contributed by atoms with Crippen molar-refractivity contribution >= 4 is 28.5 Å². The normalized spacial score (nSPS) is 23.0. The maximum absolute atomic E-state index is 12.6. The van der Waals surface area contributed by atoms with Gasteiger partial charge in [-0.05, 0) is 32.4 Å². The van der Waals surface area contributed by atoms with Crippen molar-refractivity contribution < 1.29 is 24.0 Å². The summed E-state index contributed by atoms with van der Waals surface area (Å²) in [5.74, 6) is -0.636. The number of methoxy groups -OCH3 is 1. The number of carbonyl (C=O) groups is 2. The molecule has 1 saturated heterocycles. The summed E-state index contributed by atoms with van der Waals surface area (Å²) in [5.41, 5.74) is 2.60. The fraction of sp³-hybridized carbons (Fsp3) is 0.474. The third kappa shape index (κ3) is 3.89. The lowest BCUT2D eigenvalue weighted by Crippen LogP contribution is -3.16. The van der Waals surface area contributed by atoms with Crippen molar-refractivity contribution in [1.82, 2.24) is 4.98 Å². The summed E-state index contributed by atoms with van der Waals surface area (Å²) in [5, 5.41) is 3.71. The van der Waals surface area contributed by atoms with E-state index in [-0.39, 0.29) is 23.8 Å². The van der Waals surface area contributed by atoms with Crippen LogP contribution in [-0.4, -0.2) is 55.8 Å². The lowest BCUT2D eigenvalue weighted by molar-refractivity contribution is -0.907. The van der Waals surface area contributed by atoms with Gasteiger partial charge in [-0.1, -0.05) is 12.1 Å². The molecule has 1 aromatic carbocycles. The molecule has 0 bridgehead atoms. The first-order chi connectivity index (χ1) is 12.4. The van der Waals surface area contributed by atoms with Gasteiger partial charge in [-0.25, -0.2) is 4.79 Å². The molecule has 7 heteroatoms. The number of hydrogen-bond acceptors (Lipinski definition) is 4. The lowest BCUT2D eigenvalue weighted by atomic mass is 10.1. The number of quaternary nitrogens is 1. The third-order valence-electron chi connectivity index (χ3n) is 4.64. The molecule has 0 spiro atoms. The summed E-state index contributed by atoms with van der Waals surface area (Å²) < 4.78 is 10.6.